The second-order valence-electron chi connectivity index (χ2n) is 6.62. The van der Waals surface area contributed by atoms with Gasteiger partial charge in [-0.05, 0) is 57.2 Å². The molecule has 2 atom stereocenters. The number of carbonyl (C=O) groups is 2. The van der Waals surface area contributed by atoms with Crippen molar-refractivity contribution in [1.82, 2.24) is 0 Å². The highest BCUT2D eigenvalue weighted by molar-refractivity contribution is 5.86. The van der Waals surface area contributed by atoms with Crippen LogP contribution >= 0.6 is 0 Å². The summed E-state index contributed by atoms with van der Waals surface area (Å²) in [5.74, 6) is -0.0665. The van der Waals surface area contributed by atoms with Crippen LogP contribution in [0.4, 0.5) is 10.5 Å². The van der Waals surface area contributed by atoms with Crippen LogP contribution in [0, 0.1) is 12.8 Å². The topological polar surface area (TPSA) is 64.6 Å². The van der Waals surface area contributed by atoms with Crippen molar-refractivity contribution in [2.24, 2.45) is 5.92 Å². The lowest BCUT2D eigenvalue weighted by Crippen LogP contribution is -2.27. The average molecular weight is 305 g/mol. The van der Waals surface area contributed by atoms with Crippen LogP contribution in [0.1, 0.15) is 44.2 Å². The van der Waals surface area contributed by atoms with Gasteiger partial charge in [0.25, 0.3) is 0 Å². The summed E-state index contributed by atoms with van der Waals surface area (Å²) >= 11 is 0. The molecular formula is C17H23NO4. The summed E-state index contributed by atoms with van der Waals surface area (Å²) < 4.78 is 10.1. The Morgan fingerprint density at radius 1 is 1.27 bits per heavy atom. The van der Waals surface area contributed by atoms with Gasteiger partial charge in [0.05, 0.1) is 13.0 Å². The van der Waals surface area contributed by atoms with Gasteiger partial charge in [-0.3, -0.25) is 10.1 Å². The molecule has 0 aromatic heterocycles. The fraction of sp³-hybridized carbons (Fsp3) is 0.529. The van der Waals surface area contributed by atoms with Crippen LogP contribution in [0.15, 0.2) is 18.2 Å². The van der Waals surface area contributed by atoms with Crippen LogP contribution in [0.2, 0.25) is 0 Å². The lowest BCUT2D eigenvalue weighted by molar-refractivity contribution is -0.142. The number of hydrogen-bond acceptors (Lipinski definition) is 4. The summed E-state index contributed by atoms with van der Waals surface area (Å²) in [5, 5.41) is 2.77. The lowest BCUT2D eigenvalue weighted by atomic mass is 10.0. The minimum absolute atomic E-state index is 0.0690. The van der Waals surface area contributed by atoms with Crippen LogP contribution < -0.4 is 5.32 Å². The Hall–Kier alpha value is -2.04. The van der Waals surface area contributed by atoms with E-state index in [4.69, 9.17) is 9.47 Å². The second kappa shape index (κ2) is 5.99. The molecule has 1 amide bonds. The van der Waals surface area contributed by atoms with Gasteiger partial charge in [-0.2, -0.15) is 0 Å². The minimum atomic E-state index is -0.540. The number of anilines is 1. The molecule has 1 N–H and O–H groups in total. The smallest absolute Gasteiger partial charge is 0.412 e. The summed E-state index contributed by atoms with van der Waals surface area (Å²) in [4.78, 5) is 23.5. The molecule has 0 spiro atoms. The third kappa shape index (κ3) is 3.78. The molecule has 5 heteroatoms. The summed E-state index contributed by atoms with van der Waals surface area (Å²) in [6, 6.07) is 5.70. The molecule has 0 radical (unpaired) electrons. The van der Waals surface area contributed by atoms with Crippen LogP contribution in [-0.2, 0) is 14.3 Å². The van der Waals surface area contributed by atoms with E-state index < -0.39 is 11.7 Å². The Morgan fingerprint density at radius 2 is 1.95 bits per heavy atom. The summed E-state index contributed by atoms with van der Waals surface area (Å²) in [7, 11) is 1.41. The first-order chi connectivity index (χ1) is 10.2. The van der Waals surface area contributed by atoms with Crippen molar-refractivity contribution in [2.45, 2.75) is 45.6 Å². The Labute approximate surface area is 131 Å². The number of hydrogen-bond donors (Lipinski definition) is 1. The minimum Gasteiger partial charge on any atom is -0.469 e. The molecule has 0 bridgehead atoms. The number of ether oxygens (including phenoxy) is 2. The van der Waals surface area contributed by atoms with Crippen molar-refractivity contribution in [1.29, 1.82) is 0 Å². The van der Waals surface area contributed by atoms with E-state index in [1.54, 1.807) is 0 Å². The second-order valence-corrected chi connectivity index (χ2v) is 6.62. The Morgan fingerprint density at radius 3 is 2.55 bits per heavy atom. The van der Waals surface area contributed by atoms with Crippen molar-refractivity contribution in [2.75, 3.05) is 12.4 Å². The van der Waals surface area contributed by atoms with Crippen LogP contribution in [0.3, 0.4) is 0 Å². The van der Waals surface area contributed by atoms with E-state index in [0.717, 1.165) is 17.5 Å². The molecule has 0 heterocycles. The molecule has 1 aliphatic carbocycles. The van der Waals surface area contributed by atoms with Gasteiger partial charge >= 0.3 is 12.1 Å². The number of esters is 1. The highest BCUT2D eigenvalue weighted by Crippen LogP contribution is 2.49. The Kier molecular flexibility index (Phi) is 4.44. The van der Waals surface area contributed by atoms with Crippen molar-refractivity contribution >= 4 is 17.7 Å². The molecular weight excluding hydrogens is 282 g/mol. The molecule has 1 aromatic carbocycles. The number of carbonyl (C=O) groups excluding carboxylic acids is 2. The highest BCUT2D eigenvalue weighted by atomic mass is 16.6. The normalized spacial score (nSPS) is 20.2. The Balaban J connectivity index is 2.11. The number of benzene rings is 1. The van der Waals surface area contributed by atoms with Gasteiger partial charge in [-0.15, -0.1) is 0 Å². The molecule has 0 saturated heterocycles. The molecule has 1 saturated carbocycles. The van der Waals surface area contributed by atoms with Crippen LogP contribution in [0.25, 0.3) is 0 Å². The fourth-order valence-electron chi connectivity index (χ4n) is 2.55. The molecule has 22 heavy (non-hydrogen) atoms. The van der Waals surface area contributed by atoms with Crippen LogP contribution in [-0.4, -0.2) is 24.8 Å². The van der Waals surface area contributed by atoms with Gasteiger partial charge in [-0.25, -0.2) is 4.79 Å². The fourth-order valence-corrected chi connectivity index (χ4v) is 2.55. The number of rotatable bonds is 3. The maximum Gasteiger partial charge on any atom is 0.412 e. The molecule has 5 nitrogen and oxygen atoms in total. The zero-order valence-corrected chi connectivity index (χ0v) is 13.7. The molecule has 2 rings (SSSR count). The van der Waals surface area contributed by atoms with Gasteiger partial charge in [-0.1, -0.05) is 12.1 Å². The standard InChI is InChI=1S/C17H23NO4/c1-10-11(12-9-13(12)15(19)21-5)7-6-8-14(10)18-16(20)22-17(2,3)4/h6-8,12-13H,9H2,1-5H3,(H,18,20)/t12-,13-/m1/s1. The van der Waals surface area contributed by atoms with E-state index in [1.807, 2.05) is 45.9 Å². The van der Waals surface area contributed by atoms with Crippen molar-refractivity contribution in [3.63, 3.8) is 0 Å². The summed E-state index contributed by atoms with van der Waals surface area (Å²) in [6.45, 7) is 7.40. The van der Waals surface area contributed by atoms with E-state index >= 15 is 0 Å². The number of methoxy groups -OCH3 is 1. The zero-order valence-electron chi connectivity index (χ0n) is 13.7. The van der Waals surface area contributed by atoms with Crippen molar-refractivity contribution in [3.8, 4) is 0 Å². The zero-order chi connectivity index (χ0) is 16.5. The largest absolute Gasteiger partial charge is 0.469 e. The van der Waals surface area contributed by atoms with E-state index in [1.165, 1.54) is 7.11 Å². The lowest BCUT2D eigenvalue weighted by Gasteiger charge is -2.20. The SMILES string of the molecule is COC(=O)[C@@H]1C[C@@H]1c1cccc(NC(=O)OC(C)(C)C)c1C. The van der Waals surface area contributed by atoms with E-state index in [-0.39, 0.29) is 17.8 Å². The van der Waals surface area contributed by atoms with Gasteiger partial charge in [0.1, 0.15) is 5.60 Å². The molecule has 1 fully saturated rings. The Bertz CT molecular complexity index is 589. The van der Waals surface area contributed by atoms with E-state index in [2.05, 4.69) is 5.32 Å². The first kappa shape index (κ1) is 16.3. The van der Waals surface area contributed by atoms with Crippen LogP contribution in [0.5, 0.6) is 0 Å². The predicted molar refractivity (Wildman–Crippen MR) is 83.9 cm³/mol. The predicted octanol–water partition coefficient (Wildman–Crippen LogP) is 3.62. The molecule has 1 aromatic rings. The number of nitrogens with one attached hydrogen (secondary N) is 1. The maximum atomic E-state index is 11.9. The molecule has 1 aliphatic rings. The maximum absolute atomic E-state index is 11.9. The first-order valence-electron chi connectivity index (χ1n) is 7.40. The van der Waals surface area contributed by atoms with Gasteiger partial charge < -0.3 is 9.47 Å². The summed E-state index contributed by atoms with van der Waals surface area (Å²) in [5.41, 5.74) is 2.21. The van der Waals surface area contributed by atoms with Gasteiger partial charge in [0.15, 0.2) is 0 Å². The third-order valence-corrected chi connectivity index (χ3v) is 3.71. The molecule has 120 valence electrons. The third-order valence-electron chi connectivity index (χ3n) is 3.71. The molecule has 0 aliphatic heterocycles. The van der Waals surface area contributed by atoms with E-state index in [9.17, 15) is 9.59 Å². The van der Waals surface area contributed by atoms with Crippen molar-refractivity contribution < 1.29 is 19.1 Å². The number of amides is 1. The van der Waals surface area contributed by atoms with Crippen molar-refractivity contribution in [3.05, 3.63) is 29.3 Å². The highest BCUT2D eigenvalue weighted by Gasteiger charge is 2.45. The van der Waals surface area contributed by atoms with Gasteiger partial charge in [0, 0.05) is 5.69 Å². The quantitative estimate of drug-likeness (QED) is 0.866. The van der Waals surface area contributed by atoms with E-state index in [0.29, 0.717) is 5.69 Å². The monoisotopic (exact) mass is 305 g/mol. The molecule has 0 unspecified atom stereocenters. The first-order valence-corrected chi connectivity index (χ1v) is 7.40. The average Bonchev–Trinajstić information content (AvgIpc) is 3.18. The van der Waals surface area contributed by atoms with Gasteiger partial charge in [0.2, 0.25) is 0 Å². The summed E-state index contributed by atoms with van der Waals surface area (Å²) in [6.07, 6.45) is 0.316.